The summed E-state index contributed by atoms with van der Waals surface area (Å²) in [4.78, 5) is 22.8. The molecule has 1 unspecified atom stereocenters. The third-order valence-electron chi connectivity index (χ3n) is 3.81. The van der Waals surface area contributed by atoms with E-state index < -0.39 is 18.0 Å². The number of carbonyl (C=O) groups excluding carboxylic acids is 1. The average Bonchev–Trinajstić information content (AvgIpc) is 2.30. The van der Waals surface area contributed by atoms with Crippen LogP contribution in [0.3, 0.4) is 0 Å². The minimum atomic E-state index is -0.992. The normalized spacial score (nSPS) is 16.3. The second kappa shape index (κ2) is 7.36. The van der Waals surface area contributed by atoms with E-state index in [0.717, 1.165) is 0 Å². The quantitative estimate of drug-likeness (QED) is 0.695. The molecule has 0 radical (unpaired) electrons. The number of carbonyl (C=O) groups is 2. The zero-order valence-corrected chi connectivity index (χ0v) is 12.9. The summed E-state index contributed by atoms with van der Waals surface area (Å²) in [6.07, 6.45) is 0.704. The number of hydrogen-bond acceptors (Lipinski definition) is 2. The maximum atomic E-state index is 11.7. The van der Waals surface area contributed by atoms with Crippen LogP contribution in [0.15, 0.2) is 0 Å². The van der Waals surface area contributed by atoms with Crippen LogP contribution in [0, 0.1) is 17.3 Å². The highest BCUT2D eigenvalue weighted by Gasteiger charge is 2.26. The number of carboxylic acids is 1. The molecule has 0 fully saturated rings. The van der Waals surface area contributed by atoms with Crippen molar-refractivity contribution in [3.05, 3.63) is 0 Å². The molecule has 0 aromatic carbocycles. The van der Waals surface area contributed by atoms with Gasteiger partial charge in [-0.3, -0.25) is 0 Å². The van der Waals surface area contributed by atoms with Crippen LogP contribution in [0.1, 0.15) is 48.0 Å². The van der Waals surface area contributed by atoms with E-state index in [2.05, 4.69) is 38.3 Å². The summed E-state index contributed by atoms with van der Waals surface area (Å²) < 4.78 is 0. The number of hydrogen-bond donors (Lipinski definition) is 3. The van der Waals surface area contributed by atoms with Gasteiger partial charge in [-0.25, -0.2) is 9.59 Å². The third-order valence-corrected chi connectivity index (χ3v) is 3.81. The first-order chi connectivity index (χ1) is 8.59. The lowest BCUT2D eigenvalue weighted by Gasteiger charge is -2.28. The standard InChI is InChI=1S/C14H28N2O3/c1-7-9(2)11(12(17)18)16-13(19)15-8-10(3)14(4,5)6/h9-11H,7-8H2,1-6H3,(H,17,18)(H2,15,16,19)/t9-,10?,11-/m0/s1. The highest BCUT2D eigenvalue weighted by molar-refractivity contribution is 5.82. The Morgan fingerprint density at radius 3 is 2.11 bits per heavy atom. The van der Waals surface area contributed by atoms with Crippen LogP contribution in [0.2, 0.25) is 0 Å². The van der Waals surface area contributed by atoms with Crippen molar-refractivity contribution in [2.45, 2.75) is 54.0 Å². The SMILES string of the molecule is CC[C@H](C)[C@H](NC(=O)NCC(C)C(C)(C)C)C(=O)O. The van der Waals surface area contributed by atoms with E-state index in [1.165, 1.54) is 0 Å². The highest BCUT2D eigenvalue weighted by atomic mass is 16.4. The number of rotatable bonds is 6. The summed E-state index contributed by atoms with van der Waals surface area (Å²) in [5.74, 6) is -0.776. The predicted octanol–water partition coefficient (Wildman–Crippen LogP) is 2.47. The first kappa shape index (κ1) is 17.7. The predicted molar refractivity (Wildman–Crippen MR) is 76.0 cm³/mol. The van der Waals surface area contributed by atoms with Crippen LogP contribution in [-0.2, 0) is 4.79 Å². The molecule has 0 aliphatic rings. The van der Waals surface area contributed by atoms with Gasteiger partial charge in [0.15, 0.2) is 0 Å². The van der Waals surface area contributed by atoms with Crippen molar-refractivity contribution in [3.63, 3.8) is 0 Å². The minimum Gasteiger partial charge on any atom is -0.480 e. The molecule has 0 saturated heterocycles. The van der Waals surface area contributed by atoms with Crippen molar-refractivity contribution in [2.75, 3.05) is 6.54 Å². The summed E-state index contributed by atoms with van der Waals surface area (Å²) >= 11 is 0. The molecule has 3 atom stereocenters. The first-order valence-corrected chi connectivity index (χ1v) is 6.86. The van der Waals surface area contributed by atoms with Crippen LogP contribution < -0.4 is 10.6 Å². The largest absolute Gasteiger partial charge is 0.480 e. The first-order valence-electron chi connectivity index (χ1n) is 6.86. The minimum absolute atomic E-state index is 0.0942. The Morgan fingerprint density at radius 2 is 1.74 bits per heavy atom. The second-order valence-electron chi connectivity index (χ2n) is 6.32. The lowest BCUT2D eigenvalue weighted by molar-refractivity contribution is -0.140. The van der Waals surface area contributed by atoms with Crippen LogP contribution >= 0.6 is 0 Å². The maximum Gasteiger partial charge on any atom is 0.326 e. The van der Waals surface area contributed by atoms with Crippen LogP contribution in [0.25, 0.3) is 0 Å². The molecule has 0 saturated carbocycles. The van der Waals surface area contributed by atoms with Gasteiger partial charge >= 0.3 is 12.0 Å². The van der Waals surface area contributed by atoms with Gasteiger partial charge in [-0.2, -0.15) is 0 Å². The van der Waals surface area contributed by atoms with E-state index in [9.17, 15) is 9.59 Å². The van der Waals surface area contributed by atoms with E-state index in [0.29, 0.717) is 18.9 Å². The fourth-order valence-corrected chi connectivity index (χ4v) is 1.43. The molecule has 3 N–H and O–H groups in total. The van der Waals surface area contributed by atoms with Gasteiger partial charge in [0.25, 0.3) is 0 Å². The monoisotopic (exact) mass is 272 g/mol. The topological polar surface area (TPSA) is 78.4 Å². The molecule has 0 aliphatic heterocycles. The van der Waals surface area contributed by atoms with Gasteiger partial charge in [0, 0.05) is 6.54 Å². The van der Waals surface area contributed by atoms with Crippen molar-refractivity contribution in [3.8, 4) is 0 Å². The molecular weight excluding hydrogens is 244 g/mol. The summed E-state index contributed by atoms with van der Waals surface area (Å²) in [6, 6.07) is -1.25. The smallest absolute Gasteiger partial charge is 0.326 e. The molecule has 0 aromatic rings. The van der Waals surface area contributed by atoms with Crippen LogP contribution in [-0.4, -0.2) is 29.7 Å². The molecule has 0 aliphatic carbocycles. The van der Waals surface area contributed by atoms with Crippen molar-refractivity contribution in [1.82, 2.24) is 10.6 Å². The molecule has 0 heterocycles. The van der Waals surface area contributed by atoms with Gasteiger partial charge in [-0.1, -0.05) is 48.0 Å². The molecule has 0 bridgehead atoms. The molecule has 19 heavy (non-hydrogen) atoms. The summed E-state index contributed by atoms with van der Waals surface area (Å²) in [5.41, 5.74) is 0.107. The average molecular weight is 272 g/mol. The van der Waals surface area contributed by atoms with E-state index in [4.69, 9.17) is 5.11 Å². The maximum absolute atomic E-state index is 11.7. The Morgan fingerprint density at radius 1 is 1.21 bits per heavy atom. The molecule has 0 rings (SSSR count). The van der Waals surface area contributed by atoms with Gasteiger partial charge < -0.3 is 15.7 Å². The Kier molecular flexibility index (Phi) is 6.87. The second-order valence-corrected chi connectivity index (χ2v) is 6.32. The summed E-state index contributed by atoms with van der Waals surface area (Å²) in [5, 5.41) is 14.4. The van der Waals surface area contributed by atoms with Crippen molar-refractivity contribution in [1.29, 1.82) is 0 Å². The van der Waals surface area contributed by atoms with Crippen molar-refractivity contribution >= 4 is 12.0 Å². The van der Waals surface area contributed by atoms with E-state index >= 15 is 0 Å². The lowest BCUT2D eigenvalue weighted by atomic mass is 9.82. The number of aliphatic carboxylic acids is 1. The molecule has 5 nitrogen and oxygen atoms in total. The van der Waals surface area contributed by atoms with E-state index in [1.54, 1.807) is 0 Å². The zero-order valence-electron chi connectivity index (χ0n) is 12.9. The lowest BCUT2D eigenvalue weighted by Crippen LogP contribution is -2.50. The number of urea groups is 1. The van der Waals surface area contributed by atoms with E-state index in [1.807, 2.05) is 13.8 Å². The Balaban J connectivity index is 4.33. The van der Waals surface area contributed by atoms with Crippen molar-refractivity contribution < 1.29 is 14.7 Å². The highest BCUT2D eigenvalue weighted by Crippen LogP contribution is 2.24. The number of amides is 2. The molecule has 5 heteroatoms. The molecule has 0 spiro atoms. The molecular formula is C14H28N2O3. The van der Waals surface area contributed by atoms with Gasteiger partial charge in [0.05, 0.1) is 0 Å². The fourth-order valence-electron chi connectivity index (χ4n) is 1.43. The van der Waals surface area contributed by atoms with Crippen LogP contribution in [0.4, 0.5) is 4.79 Å². The Hall–Kier alpha value is -1.26. The third kappa shape index (κ3) is 6.45. The van der Waals surface area contributed by atoms with Crippen LogP contribution in [0.5, 0.6) is 0 Å². The Bertz CT molecular complexity index is 310. The summed E-state index contributed by atoms with van der Waals surface area (Å²) in [7, 11) is 0. The Labute approximate surface area is 116 Å². The van der Waals surface area contributed by atoms with E-state index in [-0.39, 0.29) is 11.3 Å². The zero-order chi connectivity index (χ0) is 15.2. The van der Waals surface area contributed by atoms with Gasteiger partial charge in [0.1, 0.15) is 6.04 Å². The molecule has 2 amide bonds. The van der Waals surface area contributed by atoms with Crippen molar-refractivity contribution in [2.24, 2.45) is 17.3 Å². The number of carboxylic acid groups (broad SMARTS) is 1. The summed E-state index contributed by atoms with van der Waals surface area (Å²) in [6.45, 7) is 12.6. The fraction of sp³-hybridized carbons (Fsp3) is 0.857. The molecule has 112 valence electrons. The molecule has 0 aromatic heterocycles. The van der Waals surface area contributed by atoms with Gasteiger partial charge in [-0.15, -0.1) is 0 Å². The van der Waals surface area contributed by atoms with Gasteiger partial charge in [0.2, 0.25) is 0 Å². The van der Waals surface area contributed by atoms with Gasteiger partial charge in [-0.05, 0) is 17.3 Å². The number of nitrogens with one attached hydrogen (secondary N) is 2.